The first kappa shape index (κ1) is 17.5. The van der Waals surface area contributed by atoms with Crippen molar-refractivity contribution in [3.63, 3.8) is 0 Å². The number of ether oxygens (including phenoxy) is 1. The summed E-state index contributed by atoms with van der Waals surface area (Å²) in [4.78, 5) is 23.6. The van der Waals surface area contributed by atoms with Crippen molar-refractivity contribution in [1.82, 2.24) is 5.32 Å². The van der Waals surface area contributed by atoms with E-state index >= 15 is 0 Å². The standard InChI is InChI=1S/C18H19FN2O3/c1-12(22)20-17(13-7-9-14(24-2)10-8-13)11-18(23)21-16-6-4-3-5-15(16)19/h3-10,17H,11H2,1-2H3,(H,20,22)(H,21,23)/t17-/m1/s1. The lowest BCUT2D eigenvalue weighted by atomic mass is 10.0. The number of nitrogens with one attached hydrogen (secondary N) is 2. The number of hydrogen-bond donors (Lipinski definition) is 2. The smallest absolute Gasteiger partial charge is 0.226 e. The van der Waals surface area contributed by atoms with Gasteiger partial charge in [0.2, 0.25) is 11.8 Å². The molecule has 0 spiro atoms. The van der Waals surface area contributed by atoms with E-state index in [1.165, 1.54) is 19.1 Å². The monoisotopic (exact) mass is 330 g/mol. The van der Waals surface area contributed by atoms with E-state index < -0.39 is 17.8 Å². The van der Waals surface area contributed by atoms with E-state index in [4.69, 9.17) is 4.74 Å². The molecule has 0 unspecified atom stereocenters. The lowest BCUT2D eigenvalue weighted by molar-refractivity contribution is -0.120. The van der Waals surface area contributed by atoms with Gasteiger partial charge in [0, 0.05) is 6.92 Å². The molecule has 1 atom stereocenters. The van der Waals surface area contributed by atoms with Crippen molar-refractivity contribution in [2.45, 2.75) is 19.4 Å². The maximum atomic E-state index is 13.6. The van der Waals surface area contributed by atoms with Crippen LogP contribution in [0.4, 0.5) is 10.1 Å². The quantitative estimate of drug-likeness (QED) is 0.855. The number of carbonyl (C=O) groups excluding carboxylic acids is 2. The van der Waals surface area contributed by atoms with E-state index in [0.717, 1.165) is 5.56 Å². The second kappa shape index (κ2) is 8.10. The normalized spacial score (nSPS) is 11.5. The molecule has 2 aromatic rings. The fourth-order valence-corrected chi connectivity index (χ4v) is 2.28. The molecular formula is C18H19FN2O3. The summed E-state index contributed by atoms with van der Waals surface area (Å²) in [6.45, 7) is 1.38. The van der Waals surface area contributed by atoms with E-state index in [2.05, 4.69) is 10.6 Å². The van der Waals surface area contributed by atoms with Crippen molar-refractivity contribution >= 4 is 17.5 Å². The molecule has 2 rings (SSSR count). The third-order valence-electron chi connectivity index (χ3n) is 3.43. The van der Waals surface area contributed by atoms with Gasteiger partial charge in [-0.05, 0) is 29.8 Å². The van der Waals surface area contributed by atoms with Crippen molar-refractivity contribution in [3.05, 3.63) is 59.9 Å². The Labute approximate surface area is 139 Å². The van der Waals surface area contributed by atoms with Crippen molar-refractivity contribution in [1.29, 1.82) is 0 Å². The van der Waals surface area contributed by atoms with Crippen LogP contribution in [0.5, 0.6) is 5.75 Å². The van der Waals surface area contributed by atoms with Gasteiger partial charge in [0.15, 0.2) is 0 Å². The Kier molecular flexibility index (Phi) is 5.89. The average molecular weight is 330 g/mol. The Balaban J connectivity index is 2.11. The summed E-state index contributed by atoms with van der Waals surface area (Å²) >= 11 is 0. The Hall–Kier alpha value is -2.89. The fourth-order valence-electron chi connectivity index (χ4n) is 2.28. The Morgan fingerprint density at radius 1 is 1.12 bits per heavy atom. The van der Waals surface area contributed by atoms with Gasteiger partial charge in [-0.2, -0.15) is 0 Å². The summed E-state index contributed by atoms with van der Waals surface area (Å²) in [6.07, 6.45) is -0.0136. The zero-order valence-corrected chi connectivity index (χ0v) is 13.5. The van der Waals surface area contributed by atoms with Gasteiger partial charge in [0.05, 0.1) is 25.3 Å². The van der Waals surface area contributed by atoms with Gasteiger partial charge in [-0.3, -0.25) is 9.59 Å². The molecule has 0 aliphatic carbocycles. The van der Waals surface area contributed by atoms with Crippen LogP contribution in [-0.4, -0.2) is 18.9 Å². The number of amides is 2. The SMILES string of the molecule is COc1ccc([C@@H](CC(=O)Nc2ccccc2F)NC(C)=O)cc1. The second-order valence-corrected chi connectivity index (χ2v) is 5.26. The molecule has 0 radical (unpaired) electrons. The number of para-hydroxylation sites is 1. The van der Waals surface area contributed by atoms with Gasteiger partial charge >= 0.3 is 0 Å². The third-order valence-corrected chi connectivity index (χ3v) is 3.43. The van der Waals surface area contributed by atoms with Crippen LogP contribution in [0.3, 0.4) is 0 Å². The molecule has 2 N–H and O–H groups in total. The molecule has 0 aliphatic rings. The molecular weight excluding hydrogens is 311 g/mol. The van der Waals surface area contributed by atoms with Crippen molar-refractivity contribution in [2.75, 3.05) is 12.4 Å². The molecule has 0 saturated carbocycles. The minimum absolute atomic E-state index is 0.0136. The van der Waals surface area contributed by atoms with Crippen LogP contribution in [-0.2, 0) is 9.59 Å². The summed E-state index contributed by atoms with van der Waals surface area (Å²) in [5, 5.41) is 5.25. The first-order chi connectivity index (χ1) is 11.5. The predicted octanol–water partition coefficient (Wildman–Crippen LogP) is 3.04. The summed E-state index contributed by atoms with van der Waals surface area (Å²) in [7, 11) is 1.56. The molecule has 2 aromatic carbocycles. The molecule has 0 saturated heterocycles. The zero-order chi connectivity index (χ0) is 17.5. The highest BCUT2D eigenvalue weighted by atomic mass is 19.1. The minimum atomic E-state index is -0.514. The summed E-state index contributed by atoms with van der Waals surface area (Å²) in [6, 6.07) is 12.5. The molecule has 24 heavy (non-hydrogen) atoms. The molecule has 0 aromatic heterocycles. The van der Waals surface area contributed by atoms with E-state index in [0.29, 0.717) is 5.75 Å². The van der Waals surface area contributed by atoms with E-state index in [1.807, 2.05) is 0 Å². The Bertz CT molecular complexity index is 716. The molecule has 2 amide bonds. The summed E-state index contributed by atoms with van der Waals surface area (Å²) < 4.78 is 18.7. The lowest BCUT2D eigenvalue weighted by Gasteiger charge is -2.18. The van der Waals surface area contributed by atoms with Crippen molar-refractivity contribution in [2.24, 2.45) is 0 Å². The number of anilines is 1. The van der Waals surface area contributed by atoms with Crippen LogP contribution >= 0.6 is 0 Å². The fraction of sp³-hybridized carbons (Fsp3) is 0.222. The third kappa shape index (κ3) is 4.81. The molecule has 0 aliphatic heterocycles. The van der Waals surface area contributed by atoms with Crippen LogP contribution < -0.4 is 15.4 Å². The Morgan fingerprint density at radius 2 is 1.79 bits per heavy atom. The van der Waals surface area contributed by atoms with Crippen LogP contribution in [0.15, 0.2) is 48.5 Å². The first-order valence-corrected chi connectivity index (χ1v) is 7.45. The number of hydrogen-bond acceptors (Lipinski definition) is 3. The molecule has 0 heterocycles. The zero-order valence-electron chi connectivity index (χ0n) is 13.5. The minimum Gasteiger partial charge on any atom is -0.497 e. The molecule has 0 bridgehead atoms. The Morgan fingerprint density at radius 3 is 2.38 bits per heavy atom. The van der Waals surface area contributed by atoms with Gasteiger partial charge < -0.3 is 15.4 Å². The topological polar surface area (TPSA) is 67.4 Å². The summed E-state index contributed by atoms with van der Waals surface area (Å²) in [5.74, 6) is -0.480. The number of halogens is 1. The number of carbonyl (C=O) groups is 2. The van der Waals surface area contributed by atoms with Crippen molar-refractivity contribution in [3.8, 4) is 5.75 Å². The molecule has 6 heteroatoms. The lowest BCUT2D eigenvalue weighted by Crippen LogP contribution is -2.29. The maximum absolute atomic E-state index is 13.6. The average Bonchev–Trinajstić information content (AvgIpc) is 2.56. The molecule has 5 nitrogen and oxygen atoms in total. The van der Waals surface area contributed by atoms with E-state index in [9.17, 15) is 14.0 Å². The highest BCUT2D eigenvalue weighted by Gasteiger charge is 2.18. The number of rotatable bonds is 6. The first-order valence-electron chi connectivity index (χ1n) is 7.45. The number of methoxy groups -OCH3 is 1. The van der Waals surface area contributed by atoms with Gasteiger partial charge in [-0.25, -0.2) is 4.39 Å². The largest absolute Gasteiger partial charge is 0.497 e. The van der Waals surface area contributed by atoms with Crippen LogP contribution in [0, 0.1) is 5.82 Å². The molecule has 0 fully saturated rings. The maximum Gasteiger partial charge on any atom is 0.226 e. The molecule has 126 valence electrons. The van der Waals surface area contributed by atoms with E-state index in [1.54, 1.807) is 43.5 Å². The summed E-state index contributed by atoms with van der Waals surface area (Å²) in [5.41, 5.74) is 0.869. The highest BCUT2D eigenvalue weighted by Crippen LogP contribution is 2.21. The van der Waals surface area contributed by atoms with Gasteiger partial charge in [-0.1, -0.05) is 24.3 Å². The van der Waals surface area contributed by atoms with Gasteiger partial charge in [0.1, 0.15) is 11.6 Å². The highest BCUT2D eigenvalue weighted by molar-refractivity contribution is 5.91. The van der Waals surface area contributed by atoms with Crippen molar-refractivity contribution < 1.29 is 18.7 Å². The van der Waals surface area contributed by atoms with Crippen LogP contribution in [0.2, 0.25) is 0 Å². The predicted molar refractivity (Wildman–Crippen MR) is 89.2 cm³/mol. The van der Waals surface area contributed by atoms with Gasteiger partial charge in [0.25, 0.3) is 0 Å². The second-order valence-electron chi connectivity index (χ2n) is 5.26. The number of benzene rings is 2. The van der Waals surface area contributed by atoms with Crippen LogP contribution in [0.1, 0.15) is 24.9 Å². The van der Waals surface area contributed by atoms with E-state index in [-0.39, 0.29) is 18.0 Å². The van der Waals surface area contributed by atoms with Crippen LogP contribution in [0.25, 0.3) is 0 Å². The van der Waals surface area contributed by atoms with Gasteiger partial charge in [-0.15, -0.1) is 0 Å².